The van der Waals surface area contributed by atoms with E-state index in [-0.39, 0.29) is 0 Å². The Kier molecular flexibility index (Phi) is 2.73. The molecule has 1 atom stereocenters. The van der Waals surface area contributed by atoms with Crippen LogP contribution < -0.4 is 10.2 Å². The van der Waals surface area contributed by atoms with Gasteiger partial charge in [0.1, 0.15) is 0 Å². The molecular weight excluding hydrogens is 172 g/mol. The maximum absolute atomic E-state index is 4.39. The zero-order chi connectivity index (χ0) is 9.97. The van der Waals surface area contributed by atoms with E-state index in [1.807, 2.05) is 0 Å². The molecule has 1 unspecified atom stereocenters. The number of rotatable bonds is 2. The fourth-order valence-electron chi connectivity index (χ4n) is 1.90. The van der Waals surface area contributed by atoms with E-state index < -0.39 is 0 Å². The number of anilines is 1. The van der Waals surface area contributed by atoms with Crippen molar-refractivity contribution < 1.29 is 0 Å². The Bertz CT molecular complexity index is 284. The SMILES string of the molecule is CN(C)c1ccc(C2CC[N]C2)cc1. The second-order valence-electron chi connectivity index (χ2n) is 4.10. The van der Waals surface area contributed by atoms with Gasteiger partial charge in [0.15, 0.2) is 0 Å². The van der Waals surface area contributed by atoms with Crippen molar-refractivity contribution in [2.45, 2.75) is 12.3 Å². The van der Waals surface area contributed by atoms with Gasteiger partial charge in [-0.25, -0.2) is 5.32 Å². The zero-order valence-electron chi connectivity index (χ0n) is 8.90. The fraction of sp³-hybridized carbons (Fsp3) is 0.500. The monoisotopic (exact) mass is 189 g/mol. The minimum Gasteiger partial charge on any atom is -0.378 e. The molecule has 2 rings (SSSR count). The molecule has 0 N–H and O–H groups in total. The minimum atomic E-state index is 0.672. The predicted molar refractivity (Wildman–Crippen MR) is 60.0 cm³/mol. The molecule has 1 radical (unpaired) electrons. The van der Waals surface area contributed by atoms with E-state index in [1.165, 1.54) is 17.7 Å². The molecule has 0 bridgehead atoms. The summed E-state index contributed by atoms with van der Waals surface area (Å²) in [6, 6.07) is 8.85. The van der Waals surface area contributed by atoms with Crippen molar-refractivity contribution in [2.24, 2.45) is 0 Å². The highest BCUT2D eigenvalue weighted by Gasteiger charge is 2.16. The Balaban J connectivity index is 2.12. The average molecular weight is 189 g/mol. The first-order valence-electron chi connectivity index (χ1n) is 5.18. The van der Waals surface area contributed by atoms with Gasteiger partial charge in [0.05, 0.1) is 0 Å². The van der Waals surface area contributed by atoms with E-state index >= 15 is 0 Å². The van der Waals surface area contributed by atoms with Crippen molar-refractivity contribution in [3.05, 3.63) is 29.8 Å². The highest BCUT2D eigenvalue weighted by molar-refractivity contribution is 5.46. The van der Waals surface area contributed by atoms with Crippen molar-refractivity contribution in [3.63, 3.8) is 0 Å². The lowest BCUT2D eigenvalue weighted by molar-refractivity contribution is 0.759. The maximum atomic E-state index is 4.39. The van der Waals surface area contributed by atoms with Crippen LogP contribution in [0.2, 0.25) is 0 Å². The smallest absolute Gasteiger partial charge is 0.0361 e. The number of nitrogens with zero attached hydrogens (tertiary/aromatic N) is 2. The quantitative estimate of drug-likeness (QED) is 0.694. The van der Waals surface area contributed by atoms with Gasteiger partial charge in [0.25, 0.3) is 0 Å². The van der Waals surface area contributed by atoms with Crippen LogP contribution in [-0.2, 0) is 0 Å². The Morgan fingerprint density at radius 3 is 2.43 bits per heavy atom. The van der Waals surface area contributed by atoms with Crippen LogP contribution in [0.3, 0.4) is 0 Å². The van der Waals surface area contributed by atoms with Gasteiger partial charge in [-0.2, -0.15) is 0 Å². The summed E-state index contributed by atoms with van der Waals surface area (Å²) < 4.78 is 0. The Morgan fingerprint density at radius 1 is 1.21 bits per heavy atom. The molecule has 2 nitrogen and oxygen atoms in total. The van der Waals surface area contributed by atoms with Crippen molar-refractivity contribution in [2.75, 3.05) is 32.1 Å². The van der Waals surface area contributed by atoms with E-state index in [0.29, 0.717) is 5.92 Å². The van der Waals surface area contributed by atoms with E-state index in [0.717, 1.165) is 13.1 Å². The Morgan fingerprint density at radius 2 is 1.93 bits per heavy atom. The molecule has 1 fully saturated rings. The largest absolute Gasteiger partial charge is 0.378 e. The summed E-state index contributed by atoms with van der Waals surface area (Å²) in [5.41, 5.74) is 2.71. The summed E-state index contributed by atoms with van der Waals surface area (Å²) in [6.45, 7) is 2.06. The first-order valence-corrected chi connectivity index (χ1v) is 5.18. The second-order valence-corrected chi connectivity index (χ2v) is 4.10. The molecule has 0 aliphatic carbocycles. The van der Waals surface area contributed by atoms with Crippen LogP contribution >= 0.6 is 0 Å². The molecule has 0 spiro atoms. The van der Waals surface area contributed by atoms with Gasteiger partial charge in [-0.15, -0.1) is 0 Å². The molecule has 2 heteroatoms. The third-order valence-corrected chi connectivity index (χ3v) is 2.87. The Labute approximate surface area is 85.9 Å². The van der Waals surface area contributed by atoms with Crippen LogP contribution in [0, 0.1) is 0 Å². The summed E-state index contributed by atoms with van der Waals surface area (Å²) in [5.74, 6) is 0.672. The van der Waals surface area contributed by atoms with Crippen LogP contribution in [0.5, 0.6) is 0 Å². The predicted octanol–water partition coefficient (Wildman–Crippen LogP) is 1.84. The van der Waals surface area contributed by atoms with Crippen LogP contribution in [0.25, 0.3) is 0 Å². The lowest BCUT2D eigenvalue weighted by Gasteiger charge is -2.14. The van der Waals surface area contributed by atoms with E-state index in [2.05, 4.69) is 48.6 Å². The zero-order valence-corrected chi connectivity index (χ0v) is 8.90. The summed E-state index contributed by atoms with van der Waals surface area (Å²) in [6.07, 6.45) is 1.22. The minimum absolute atomic E-state index is 0.672. The van der Waals surface area contributed by atoms with E-state index in [9.17, 15) is 0 Å². The topological polar surface area (TPSA) is 17.3 Å². The molecule has 0 saturated carbocycles. The van der Waals surface area contributed by atoms with Crippen molar-refractivity contribution in [1.29, 1.82) is 0 Å². The molecule has 1 aromatic carbocycles. The van der Waals surface area contributed by atoms with Crippen LogP contribution in [-0.4, -0.2) is 27.2 Å². The van der Waals surface area contributed by atoms with E-state index in [4.69, 9.17) is 0 Å². The van der Waals surface area contributed by atoms with Crippen molar-refractivity contribution in [3.8, 4) is 0 Å². The summed E-state index contributed by atoms with van der Waals surface area (Å²) in [5, 5.41) is 4.39. The summed E-state index contributed by atoms with van der Waals surface area (Å²) in [7, 11) is 4.14. The van der Waals surface area contributed by atoms with Gasteiger partial charge in [0.2, 0.25) is 0 Å². The molecule has 0 amide bonds. The third kappa shape index (κ3) is 1.90. The highest BCUT2D eigenvalue weighted by Crippen LogP contribution is 2.24. The average Bonchev–Trinajstić information content (AvgIpc) is 2.71. The van der Waals surface area contributed by atoms with Crippen molar-refractivity contribution in [1.82, 2.24) is 5.32 Å². The van der Waals surface area contributed by atoms with Gasteiger partial charge in [-0.05, 0) is 30.0 Å². The fourth-order valence-corrected chi connectivity index (χ4v) is 1.90. The van der Waals surface area contributed by atoms with Crippen molar-refractivity contribution >= 4 is 5.69 Å². The highest BCUT2D eigenvalue weighted by atomic mass is 15.1. The first-order chi connectivity index (χ1) is 6.77. The standard InChI is InChI=1S/C12H17N2/c1-14(2)12-5-3-10(4-6-12)11-7-8-13-9-11/h3-6,11H,7-9H2,1-2H3. The summed E-state index contributed by atoms with van der Waals surface area (Å²) in [4.78, 5) is 2.13. The first kappa shape index (κ1) is 9.53. The van der Waals surface area contributed by atoms with Gasteiger partial charge in [-0.1, -0.05) is 12.1 Å². The molecule has 75 valence electrons. The van der Waals surface area contributed by atoms with Gasteiger partial charge in [0, 0.05) is 32.9 Å². The van der Waals surface area contributed by atoms with Crippen LogP contribution in [0.15, 0.2) is 24.3 Å². The lowest BCUT2D eigenvalue weighted by atomic mass is 9.98. The molecule has 1 heterocycles. The number of hydrogen-bond donors (Lipinski definition) is 0. The van der Waals surface area contributed by atoms with Crippen LogP contribution in [0.4, 0.5) is 5.69 Å². The lowest BCUT2D eigenvalue weighted by Crippen LogP contribution is -2.08. The van der Waals surface area contributed by atoms with E-state index in [1.54, 1.807) is 0 Å². The van der Waals surface area contributed by atoms with Gasteiger partial charge in [-0.3, -0.25) is 0 Å². The molecule has 0 aromatic heterocycles. The molecule has 1 aromatic rings. The molecule has 14 heavy (non-hydrogen) atoms. The van der Waals surface area contributed by atoms with Crippen LogP contribution in [0.1, 0.15) is 17.9 Å². The third-order valence-electron chi connectivity index (χ3n) is 2.87. The molecule has 1 saturated heterocycles. The summed E-state index contributed by atoms with van der Waals surface area (Å²) >= 11 is 0. The molecular formula is C12H17N2. The molecule has 1 aliphatic rings. The Hall–Kier alpha value is -1.02. The molecule has 1 aliphatic heterocycles. The number of benzene rings is 1. The van der Waals surface area contributed by atoms with Gasteiger partial charge < -0.3 is 4.90 Å². The second kappa shape index (κ2) is 4.01. The number of hydrogen-bond acceptors (Lipinski definition) is 1. The normalized spacial score (nSPS) is 21.1. The van der Waals surface area contributed by atoms with Gasteiger partial charge >= 0.3 is 0 Å². The maximum Gasteiger partial charge on any atom is 0.0361 e.